The molecule has 2 aromatic rings. The maximum Gasteiger partial charge on any atom is 0.261 e. The van der Waals surface area contributed by atoms with Crippen LogP contribution in [0.1, 0.15) is 11.1 Å². The van der Waals surface area contributed by atoms with Crippen molar-refractivity contribution < 1.29 is 16.8 Å². The molecule has 1 atom stereocenters. The third kappa shape index (κ3) is 3.01. The zero-order valence-electron chi connectivity index (χ0n) is 14.8. The van der Waals surface area contributed by atoms with Crippen molar-refractivity contribution >= 4 is 43.3 Å². The summed E-state index contributed by atoms with van der Waals surface area (Å²) in [6.45, 7) is 0. The van der Waals surface area contributed by atoms with Gasteiger partial charge in [0.1, 0.15) is 5.54 Å². The zero-order valence-corrected chi connectivity index (χ0v) is 17.1. The van der Waals surface area contributed by atoms with Crippen LogP contribution in [0.25, 0.3) is 0 Å². The van der Waals surface area contributed by atoms with Crippen LogP contribution in [-0.2, 0) is 32.0 Å². The summed E-state index contributed by atoms with van der Waals surface area (Å²) in [4.78, 5) is 4.46. The number of halogens is 1. The van der Waals surface area contributed by atoms with Crippen molar-refractivity contribution in [2.75, 3.05) is 17.5 Å². The molecule has 0 fully saturated rings. The third-order valence-electron chi connectivity index (χ3n) is 4.96. The van der Waals surface area contributed by atoms with Crippen molar-refractivity contribution in [3.05, 3.63) is 58.6 Å². The number of hydrogen-bond donors (Lipinski definition) is 2. The second-order valence-corrected chi connectivity index (χ2v) is 11.0. The van der Waals surface area contributed by atoms with Crippen LogP contribution < -0.4 is 10.5 Å². The van der Waals surface area contributed by atoms with E-state index in [4.69, 9.17) is 17.3 Å². The van der Waals surface area contributed by atoms with Gasteiger partial charge in [-0.15, -0.1) is 0 Å². The predicted octanol–water partition coefficient (Wildman–Crippen LogP) is 1.48. The molecule has 1 spiro atoms. The summed E-state index contributed by atoms with van der Waals surface area (Å²) in [7, 11) is -6.05. The molecule has 3 N–H and O–H groups in total. The van der Waals surface area contributed by atoms with Crippen LogP contribution in [0.15, 0.2) is 52.4 Å². The van der Waals surface area contributed by atoms with Crippen LogP contribution >= 0.6 is 11.6 Å². The molecule has 1 heterocycles. The molecule has 148 valence electrons. The van der Waals surface area contributed by atoms with Crippen molar-refractivity contribution in [3.8, 4) is 0 Å². The van der Waals surface area contributed by atoms with Crippen LogP contribution in [0, 0.1) is 0 Å². The monoisotopic (exact) mass is 440 g/mol. The fourth-order valence-corrected chi connectivity index (χ4v) is 6.07. The van der Waals surface area contributed by atoms with Crippen molar-refractivity contribution in [2.45, 2.75) is 16.9 Å². The third-order valence-corrected chi connectivity index (χ3v) is 8.47. The number of sulfonamides is 2. The van der Waals surface area contributed by atoms with E-state index < -0.39 is 25.6 Å². The van der Waals surface area contributed by atoms with Crippen LogP contribution in [0.5, 0.6) is 0 Å². The van der Waals surface area contributed by atoms with E-state index in [2.05, 4.69) is 9.71 Å². The lowest BCUT2D eigenvalue weighted by Gasteiger charge is -2.44. The molecule has 2 aromatic carbocycles. The Kier molecular flexibility index (Phi) is 4.15. The van der Waals surface area contributed by atoms with E-state index in [1.807, 2.05) is 0 Å². The van der Waals surface area contributed by atoms with Gasteiger partial charge >= 0.3 is 0 Å². The molecule has 4 rings (SSSR count). The number of hydrogen-bond acceptors (Lipinski definition) is 6. The minimum atomic E-state index is -3.82. The molecule has 0 unspecified atom stereocenters. The zero-order chi connectivity index (χ0) is 20.3. The first kappa shape index (κ1) is 19.0. The Balaban J connectivity index is 1.69. The first-order valence-corrected chi connectivity index (χ1v) is 11.7. The van der Waals surface area contributed by atoms with Gasteiger partial charge in [0.25, 0.3) is 10.0 Å². The smallest absolute Gasteiger partial charge is 0.261 e. The average molecular weight is 441 g/mol. The molecule has 0 saturated heterocycles. The molecule has 1 aliphatic heterocycles. The normalized spacial score (nSPS) is 22.9. The van der Waals surface area contributed by atoms with Crippen LogP contribution in [0.3, 0.4) is 0 Å². The van der Waals surface area contributed by atoms with Crippen LogP contribution in [0.2, 0.25) is 5.02 Å². The van der Waals surface area contributed by atoms with Gasteiger partial charge in [0.05, 0.1) is 10.6 Å². The summed E-state index contributed by atoms with van der Waals surface area (Å²) in [5.41, 5.74) is 6.70. The van der Waals surface area contributed by atoms with Crippen molar-refractivity contribution in [2.24, 2.45) is 10.7 Å². The topological polar surface area (TPSA) is 122 Å². The molecule has 0 aromatic heterocycles. The summed E-state index contributed by atoms with van der Waals surface area (Å²) >= 11 is 5.81. The molecular weight excluding hydrogens is 424 g/mol. The minimum absolute atomic E-state index is 0.0680. The number of nitrogens with zero attached hydrogens (tertiary/aromatic N) is 2. The van der Waals surface area contributed by atoms with Gasteiger partial charge in [-0.25, -0.2) is 26.1 Å². The molecule has 0 bridgehead atoms. The Morgan fingerprint density at radius 3 is 2.54 bits per heavy atom. The first-order chi connectivity index (χ1) is 13.0. The quantitative estimate of drug-likeness (QED) is 0.748. The number of rotatable bonds is 3. The molecule has 0 saturated carbocycles. The van der Waals surface area contributed by atoms with Crippen LogP contribution in [-0.4, -0.2) is 39.9 Å². The molecule has 1 aliphatic carbocycles. The molecule has 11 heteroatoms. The Labute approximate surface area is 168 Å². The molecule has 2 aliphatic rings. The van der Waals surface area contributed by atoms with Crippen molar-refractivity contribution in [1.82, 2.24) is 4.31 Å². The van der Waals surface area contributed by atoms with Gasteiger partial charge in [0.15, 0.2) is 0 Å². The number of guanidine groups is 1. The highest BCUT2D eigenvalue weighted by Gasteiger charge is 2.50. The van der Waals surface area contributed by atoms with Crippen molar-refractivity contribution in [1.29, 1.82) is 0 Å². The molecule has 0 amide bonds. The predicted molar refractivity (Wildman–Crippen MR) is 107 cm³/mol. The van der Waals surface area contributed by atoms with E-state index in [0.29, 0.717) is 22.7 Å². The Bertz CT molecular complexity index is 1210. The van der Waals surface area contributed by atoms with Crippen LogP contribution in [0.4, 0.5) is 5.69 Å². The highest BCUT2D eigenvalue weighted by molar-refractivity contribution is 7.92. The minimum Gasteiger partial charge on any atom is -0.369 e. The van der Waals surface area contributed by atoms with Gasteiger partial charge in [0, 0.05) is 24.2 Å². The molecule has 8 nitrogen and oxygen atoms in total. The SMILES string of the molecule is CN1C(N)=N[C@@]2(Cc3ccc(NS(=O)(=O)c4ccc(Cl)cc4)cc32)CS1(=O)=O. The van der Waals surface area contributed by atoms with Gasteiger partial charge in [-0.05, 0) is 47.5 Å². The number of anilines is 1. The van der Waals surface area contributed by atoms with E-state index in [1.54, 1.807) is 18.2 Å². The van der Waals surface area contributed by atoms with E-state index in [0.717, 1.165) is 9.87 Å². The largest absolute Gasteiger partial charge is 0.369 e. The van der Waals surface area contributed by atoms with Gasteiger partial charge < -0.3 is 5.73 Å². The Morgan fingerprint density at radius 1 is 1.21 bits per heavy atom. The van der Waals surface area contributed by atoms with E-state index in [9.17, 15) is 16.8 Å². The highest BCUT2D eigenvalue weighted by Crippen LogP contribution is 2.46. The van der Waals surface area contributed by atoms with Crippen molar-refractivity contribution in [3.63, 3.8) is 0 Å². The van der Waals surface area contributed by atoms with E-state index in [-0.39, 0.29) is 16.6 Å². The molecular formula is C17H17ClN4O4S2. The first-order valence-electron chi connectivity index (χ1n) is 8.26. The summed E-state index contributed by atoms with van der Waals surface area (Å²) in [5.74, 6) is -0.290. The standard InChI is InChI=1S/C17H17ClN4O4S2/c1-22-16(19)20-17(10-27(22,23)24)9-11-2-5-13(8-15(11)17)21-28(25,26)14-6-3-12(18)4-7-14/h2-8,21H,9-10H2,1H3,(H2,19,20)/t17-/m0/s1. The number of nitrogens with one attached hydrogen (secondary N) is 1. The Hall–Kier alpha value is -2.30. The molecule has 0 radical (unpaired) electrons. The second-order valence-electron chi connectivity index (χ2n) is 6.83. The fourth-order valence-electron chi connectivity index (χ4n) is 3.45. The fraction of sp³-hybridized carbons (Fsp3) is 0.235. The van der Waals surface area contributed by atoms with E-state index >= 15 is 0 Å². The highest BCUT2D eigenvalue weighted by atomic mass is 35.5. The Morgan fingerprint density at radius 2 is 1.89 bits per heavy atom. The lowest BCUT2D eigenvalue weighted by Crippen LogP contribution is -2.55. The molecule has 28 heavy (non-hydrogen) atoms. The summed E-state index contributed by atoms with van der Waals surface area (Å²) in [6, 6.07) is 10.8. The average Bonchev–Trinajstić information content (AvgIpc) is 2.60. The van der Waals surface area contributed by atoms with Gasteiger partial charge in [-0.2, -0.15) is 0 Å². The van der Waals surface area contributed by atoms with Gasteiger partial charge in [-0.1, -0.05) is 17.7 Å². The lowest BCUT2D eigenvalue weighted by atomic mass is 9.72. The maximum absolute atomic E-state index is 12.6. The number of nitrogens with two attached hydrogens (primary N) is 1. The van der Waals surface area contributed by atoms with Gasteiger partial charge in [0.2, 0.25) is 16.0 Å². The lowest BCUT2D eigenvalue weighted by molar-refractivity contribution is 0.401. The number of benzene rings is 2. The maximum atomic E-state index is 12.6. The van der Waals surface area contributed by atoms with Gasteiger partial charge in [-0.3, -0.25) is 4.72 Å². The summed E-state index contributed by atoms with van der Waals surface area (Å²) < 4.78 is 53.4. The summed E-state index contributed by atoms with van der Waals surface area (Å²) in [5, 5.41) is 0.431. The second kappa shape index (κ2) is 6.10. The number of aliphatic imine (C=N–C) groups is 1. The van der Waals surface area contributed by atoms with E-state index in [1.165, 1.54) is 31.3 Å². The number of fused-ring (bicyclic) bond motifs is 2. The summed E-state index contributed by atoms with van der Waals surface area (Å²) in [6.07, 6.45) is 0.431.